The Morgan fingerprint density at radius 1 is 0.605 bits per heavy atom. The number of halogens is 5. The van der Waals surface area contributed by atoms with Gasteiger partial charge < -0.3 is 25.4 Å². The van der Waals surface area contributed by atoms with Gasteiger partial charge in [0.15, 0.2) is 0 Å². The third kappa shape index (κ3) is 10.3. The van der Waals surface area contributed by atoms with Crippen molar-refractivity contribution in [1.82, 2.24) is 19.9 Å². The zero-order valence-corrected chi connectivity index (χ0v) is 27.2. The Morgan fingerprint density at radius 3 is 1.53 bits per heavy atom. The van der Waals surface area contributed by atoms with Gasteiger partial charge in [0.1, 0.15) is 32.8 Å². The predicted octanol–water partition coefficient (Wildman–Crippen LogP) is 9.86. The average Bonchev–Trinajstić information content (AvgIpc) is 3.21. The fourth-order valence-corrected chi connectivity index (χ4v) is 5.49. The van der Waals surface area contributed by atoms with Gasteiger partial charge in [0.05, 0.1) is 24.3 Å². The van der Waals surface area contributed by atoms with Crippen molar-refractivity contribution in [2.24, 2.45) is 0 Å². The zero-order chi connectivity index (χ0) is 30.8. The molecule has 0 atom stereocenters. The van der Waals surface area contributed by atoms with E-state index in [4.69, 9.17) is 67.5 Å². The Bertz CT molecular complexity index is 1500. The molecule has 3 N–H and O–H groups in total. The summed E-state index contributed by atoms with van der Waals surface area (Å²) < 4.78 is 10.2. The van der Waals surface area contributed by atoms with Crippen LogP contribution in [0.4, 0.5) is 29.1 Å². The molecular formula is C29H30Cl5N7O2. The molecular weight excluding hydrogens is 656 g/mol. The van der Waals surface area contributed by atoms with Crippen LogP contribution >= 0.6 is 58.0 Å². The van der Waals surface area contributed by atoms with Gasteiger partial charge in [-0.2, -0.15) is 4.98 Å². The van der Waals surface area contributed by atoms with E-state index in [1.807, 2.05) is 6.07 Å². The summed E-state index contributed by atoms with van der Waals surface area (Å²) in [4.78, 5) is 16.7. The Labute approximate surface area is 275 Å². The number of nitrogens with zero attached hydrogens (tertiary/aromatic N) is 4. The number of ether oxygens (including phenoxy) is 2. The molecule has 0 spiro atoms. The van der Waals surface area contributed by atoms with Crippen LogP contribution in [0.2, 0.25) is 25.5 Å². The number of anilines is 5. The van der Waals surface area contributed by atoms with Crippen molar-refractivity contribution in [3.8, 4) is 11.5 Å². The van der Waals surface area contributed by atoms with Crippen LogP contribution in [0.25, 0.3) is 0 Å². The summed E-state index contributed by atoms with van der Waals surface area (Å²) >= 11 is 29.9. The third-order valence-corrected chi connectivity index (χ3v) is 7.55. The number of hydrogen-bond acceptors (Lipinski definition) is 9. The summed E-state index contributed by atoms with van der Waals surface area (Å²) in [6.45, 7) is 0. The molecule has 0 amide bonds. The van der Waals surface area contributed by atoms with Crippen LogP contribution in [-0.2, 0) is 0 Å². The lowest BCUT2D eigenvalue weighted by molar-refractivity contribution is 0.415. The van der Waals surface area contributed by atoms with Crippen LogP contribution in [0.1, 0.15) is 38.5 Å². The van der Waals surface area contributed by atoms with Crippen molar-refractivity contribution >= 4 is 87.1 Å². The molecule has 1 aliphatic carbocycles. The molecule has 0 radical (unpaired) electrons. The maximum atomic E-state index is 6.17. The van der Waals surface area contributed by atoms with Gasteiger partial charge in [0.25, 0.3) is 0 Å². The first-order valence-electron chi connectivity index (χ1n) is 13.4. The minimum Gasteiger partial charge on any atom is -0.495 e. The van der Waals surface area contributed by atoms with Gasteiger partial charge >= 0.3 is 0 Å². The first-order chi connectivity index (χ1) is 20.7. The fourth-order valence-electron chi connectivity index (χ4n) is 4.37. The average molecular weight is 686 g/mol. The molecule has 2 heterocycles. The molecule has 9 nitrogen and oxygen atoms in total. The molecule has 2 aromatic carbocycles. The largest absolute Gasteiger partial charge is 0.495 e. The lowest BCUT2D eigenvalue weighted by atomic mass is 10.1. The van der Waals surface area contributed by atoms with Gasteiger partial charge in [-0.05, 0) is 49.2 Å². The van der Waals surface area contributed by atoms with Crippen LogP contribution in [0.15, 0.2) is 48.5 Å². The van der Waals surface area contributed by atoms with Crippen molar-refractivity contribution in [1.29, 1.82) is 0 Å². The van der Waals surface area contributed by atoms with E-state index in [2.05, 4.69) is 35.9 Å². The van der Waals surface area contributed by atoms with E-state index in [0.29, 0.717) is 50.3 Å². The second-order valence-electron chi connectivity index (χ2n) is 9.52. The molecule has 1 aliphatic rings. The highest BCUT2D eigenvalue weighted by atomic mass is 35.5. The Morgan fingerprint density at radius 2 is 1.07 bits per heavy atom. The van der Waals surface area contributed by atoms with Crippen molar-refractivity contribution in [2.75, 3.05) is 30.2 Å². The summed E-state index contributed by atoms with van der Waals surface area (Å²) in [7, 11) is 3.13. The molecule has 0 unspecified atom stereocenters. The molecule has 1 fully saturated rings. The maximum absolute atomic E-state index is 6.17. The van der Waals surface area contributed by atoms with Crippen molar-refractivity contribution in [2.45, 2.75) is 44.6 Å². The van der Waals surface area contributed by atoms with E-state index in [9.17, 15) is 0 Å². The van der Waals surface area contributed by atoms with Gasteiger partial charge in [-0.3, -0.25) is 0 Å². The number of benzene rings is 2. The highest BCUT2D eigenvalue weighted by Gasteiger charge is 2.14. The smallest absolute Gasteiger partial charge is 0.230 e. The Kier molecular flexibility index (Phi) is 12.4. The molecule has 0 aliphatic heterocycles. The zero-order valence-electron chi connectivity index (χ0n) is 23.4. The number of hydrogen-bond donors (Lipinski definition) is 3. The maximum Gasteiger partial charge on any atom is 0.230 e. The lowest BCUT2D eigenvalue weighted by Gasteiger charge is -2.17. The third-order valence-electron chi connectivity index (χ3n) is 6.38. The van der Waals surface area contributed by atoms with Gasteiger partial charge in [0.2, 0.25) is 11.9 Å². The van der Waals surface area contributed by atoms with Crippen LogP contribution in [0, 0.1) is 0 Å². The topological polar surface area (TPSA) is 106 Å². The lowest BCUT2D eigenvalue weighted by Crippen LogP contribution is -2.19. The minimum absolute atomic E-state index is 0.261. The van der Waals surface area contributed by atoms with Gasteiger partial charge in [-0.1, -0.05) is 83.7 Å². The number of rotatable bonds is 8. The number of methoxy groups -OCH3 is 2. The minimum atomic E-state index is 0.261. The van der Waals surface area contributed by atoms with Crippen LogP contribution in [0.3, 0.4) is 0 Å². The molecule has 228 valence electrons. The molecule has 4 aromatic rings. The first kappa shape index (κ1) is 33.0. The predicted molar refractivity (Wildman–Crippen MR) is 177 cm³/mol. The van der Waals surface area contributed by atoms with Crippen LogP contribution in [0.5, 0.6) is 11.5 Å². The number of aromatic nitrogens is 4. The van der Waals surface area contributed by atoms with Crippen molar-refractivity contribution < 1.29 is 9.47 Å². The molecule has 0 saturated heterocycles. The van der Waals surface area contributed by atoms with E-state index < -0.39 is 0 Å². The van der Waals surface area contributed by atoms with Crippen LogP contribution < -0.4 is 25.4 Å². The molecule has 1 saturated carbocycles. The second kappa shape index (κ2) is 16.2. The molecule has 43 heavy (non-hydrogen) atoms. The van der Waals surface area contributed by atoms with E-state index in [1.165, 1.54) is 44.6 Å². The first-order valence-corrected chi connectivity index (χ1v) is 15.3. The van der Waals surface area contributed by atoms with Gasteiger partial charge in [-0.15, -0.1) is 0 Å². The van der Waals surface area contributed by atoms with E-state index in [1.54, 1.807) is 50.6 Å². The second-order valence-corrected chi connectivity index (χ2v) is 11.5. The van der Waals surface area contributed by atoms with Gasteiger partial charge in [-0.25, -0.2) is 15.0 Å². The monoisotopic (exact) mass is 683 g/mol. The highest BCUT2D eigenvalue weighted by molar-refractivity contribution is 6.33. The summed E-state index contributed by atoms with van der Waals surface area (Å²) in [6.07, 6.45) is 7.47. The molecule has 5 rings (SSSR count). The number of nitrogens with one attached hydrogen (secondary N) is 3. The molecule has 0 bridgehead atoms. The van der Waals surface area contributed by atoms with E-state index >= 15 is 0 Å². The standard InChI is InChI=1S/C18H22Cl2N4O.C11H8Cl3N3O/c1-25-15-9-8-13(10-14(15)19)22-18-23-16(20)11-17(24-18)21-12-6-4-2-3-5-7-12;1-18-8-3-2-6(4-7(8)12)15-11-16-9(13)5-10(14)17-11/h8-12H,2-7H2,1H3,(H2,21,22,23,24);2-5H,1H3,(H,15,16,17). The van der Waals surface area contributed by atoms with Crippen LogP contribution in [-0.4, -0.2) is 40.2 Å². The van der Waals surface area contributed by atoms with Crippen molar-refractivity contribution in [3.63, 3.8) is 0 Å². The summed E-state index contributed by atoms with van der Waals surface area (Å²) in [5, 5.41) is 11.5. The van der Waals surface area contributed by atoms with Crippen molar-refractivity contribution in [3.05, 3.63) is 74.0 Å². The Hall–Kier alpha value is -2.95. The van der Waals surface area contributed by atoms with Gasteiger partial charge in [0, 0.05) is 29.5 Å². The highest BCUT2D eigenvalue weighted by Crippen LogP contribution is 2.30. The fraction of sp³-hybridized carbons (Fsp3) is 0.310. The Balaban J connectivity index is 0.000000208. The summed E-state index contributed by atoms with van der Waals surface area (Å²) in [5.74, 6) is 2.69. The summed E-state index contributed by atoms with van der Waals surface area (Å²) in [5.41, 5.74) is 1.48. The SMILES string of the molecule is COc1ccc(Nc2nc(Cl)cc(Cl)n2)cc1Cl.COc1ccc(Nc2nc(Cl)cc(NC3CCCCCC3)n2)cc1Cl. The van der Waals surface area contributed by atoms with E-state index in [0.717, 1.165) is 11.5 Å². The molecule has 2 aromatic heterocycles. The van der Waals surface area contributed by atoms with E-state index in [-0.39, 0.29) is 10.3 Å². The normalized spacial score (nSPS) is 13.3. The molecule has 14 heteroatoms. The summed E-state index contributed by atoms with van der Waals surface area (Å²) in [6, 6.07) is 14.3. The quantitative estimate of drug-likeness (QED) is 0.123.